The third kappa shape index (κ3) is 3.37. The average Bonchev–Trinajstić information content (AvgIpc) is 2.41. The number of nitrogens with zero attached hydrogens (tertiary/aromatic N) is 2. The summed E-state index contributed by atoms with van der Waals surface area (Å²) >= 11 is 0. The monoisotopic (exact) mass is 333 g/mol. The van der Waals surface area contributed by atoms with Crippen LogP contribution in [0.3, 0.4) is 0 Å². The van der Waals surface area contributed by atoms with Gasteiger partial charge in [0.2, 0.25) is 20.0 Å². The van der Waals surface area contributed by atoms with E-state index in [1.807, 2.05) is 0 Å². The second kappa shape index (κ2) is 5.56. The zero-order valence-electron chi connectivity index (χ0n) is 12.0. The first-order valence-corrected chi connectivity index (χ1v) is 9.72. The zero-order valence-corrected chi connectivity index (χ0v) is 13.6. The smallest absolute Gasteiger partial charge is 0.243 e. The number of rotatable bonds is 3. The largest absolute Gasteiger partial charge is 0.398 e. The number of hydrogen-bond donors (Lipinski definition) is 1. The van der Waals surface area contributed by atoms with Crippen molar-refractivity contribution < 1.29 is 16.8 Å². The van der Waals surface area contributed by atoms with Gasteiger partial charge in [-0.15, -0.1) is 0 Å². The zero-order chi connectivity index (χ0) is 15.8. The summed E-state index contributed by atoms with van der Waals surface area (Å²) in [5.74, 6) is 0. The first-order chi connectivity index (χ1) is 9.62. The van der Waals surface area contributed by atoms with Gasteiger partial charge in [-0.05, 0) is 24.6 Å². The molecule has 9 heteroatoms. The van der Waals surface area contributed by atoms with E-state index >= 15 is 0 Å². The van der Waals surface area contributed by atoms with Crippen LogP contribution in [0.25, 0.3) is 0 Å². The SMILES string of the molecule is Cc1ccc(S(=O)(=O)N2CCN(S(C)(=O)=O)CC2)cc1N. The maximum Gasteiger partial charge on any atom is 0.243 e. The highest BCUT2D eigenvalue weighted by Crippen LogP contribution is 2.22. The van der Waals surface area contributed by atoms with E-state index in [1.54, 1.807) is 13.0 Å². The van der Waals surface area contributed by atoms with E-state index in [0.717, 1.165) is 11.8 Å². The molecule has 1 fully saturated rings. The van der Waals surface area contributed by atoms with Crippen molar-refractivity contribution in [2.24, 2.45) is 0 Å². The molecule has 1 saturated heterocycles. The van der Waals surface area contributed by atoms with Crippen LogP contribution in [0.2, 0.25) is 0 Å². The van der Waals surface area contributed by atoms with Gasteiger partial charge in [0, 0.05) is 31.9 Å². The molecule has 0 bridgehead atoms. The molecule has 0 unspecified atom stereocenters. The summed E-state index contributed by atoms with van der Waals surface area (Å²) in [7, 11) is -6.92. The Morgan fingerprint density at radius 3 is 2.00 bits per heavy atom. The molecular formula is C12H19N3O4S2. The molecule has 21 heavy (non-hydrogen) atoms. The molecule has 118 valence electrons. The first kappa shape index (κ1) is 16.2. The minimum absolute atomic E-state index is 0.137. The topological polar surface area (TPSA) is 101 Å². The highest BCUT2D eigenvalue weighted by molar-refractivity contribution is 7.89. The van der Waals surface area contributed by atoms with Gasteiger partial charge in [-0.2, -0.15) is 8.61 Å². The van der Waals surface area contributed by atoms with Gasteiger partial charge in [-0.25, -0.2) is 16.8 Å². The molecule has 1 aromatic carbocycles. The molecule has 0 saturated carbocycles. The van der Waals surface area contributed by atoms with Gasteiger partial charge < -0.3 is 5.73 Å². The molecule has 1 aromatic rings. The molecule has 0 radical (unpaired) electrons. The number of nitrogen functional groups attached to an aromatic ring is 1. The lowest BCUT2D eigenvalue weighted by Crippen LogP contribution is -2.50. The van der Waals surface area contributed by atoms with Crippen molar-refractivity contribution in [3.05, 3.63) is 23.8 Å². The highest BCUT2D eigenvalue weighted by Gasteiger charge is 2.31. The second-order valence-electron chi connectivity index (χ2n) is 5.08. The molecule has 7 nitrogen and oxygen atoms in total. The van der Waals surface area contributed by atoms with Gasteiger partial charge in [-0.3, -0.25) is 0 Å². The molecular weight excluding hydrogens is 314 g/mol. The van der Waals surface area contributed by atoms with E-state index in [-0.39, 0.29) is 31.1 Å². The predicted octanol–water partition coefficient (Wildman–Crippen LogP) is -0.157. The van der Waals surface area contributed by atoms with Gasteiger partial charge in [0.1, 0.15) is 0 Å². The molecule has 1 heterocycles. The quantitative estimate of drug-likeness (QED) is 0.775. The number of nitrogens with two attached hydrogens (primary N) is 1. The second-order valence-corrected chi connectivity index (χ2v) is 9.00. The fraction of sp³-hybridized carbons (Fsp3) is 0.500. The number of anilines is 1. The fourth-order valence-corrected chi connectivity index (χ4v) is 4.45. The van der Waals surface area contributed by atoms with E-state index in [0.29, 0.717) is 5.69 Å². The first-order valence-electron chi connectivity index (χ1n) is 6.44. The molecule has 2 N–H and O–H groups in total. The summed E-state index contributed by atoms with van der Waals surface area (Å²) in [4.78, 5) is 0.137. The number of benzene rings is 1. The minimum atomic E-state index is -3.64. The third-order valence-electron chi connectivity index (χ3n) is 3.56. The van der Waals surface area contributed by atoms with Crippen LogP contribution in [0.15, 0.2) is 23.1 Å². The van der Waals surface area contributed by atoms with Crippen molar-refractivity contribution in [2.75, 3.05) is 38.2 Å². The number of aryl methyl sites for hydroxylation is 1. The van der Waals surface area contributed by atoms with Crippen LogP contribution in [-0.2, 0) is 20.0 Å². The van der Waals surface area contributed by atoms with Crippen molar-refractivity contribution in [2.45, 2.75) is 11.8 Å². The summed E-state index contributed by atoms with van der Waals surface area (Å²) in [6, 6.07) is 4.62. The Hall–Kier alpha value is -1.16. The van der Waals surface area contributed by atoms with Gasteiger partial charge in [0.15, 0.2) is 0 Å². The highest BCUT2D eigenvalue weighted by atomic mass is 32.2. The maximum absolute atomic E-state index is 12.5. The van der Waals surface area contributed by atoms with Crippen LogP contribution in [0.1, 0.15) is 5.56 Å². The van der Waals surface area contributed by atoms with Gasteiger partial charge in [-0.1, -0.05) is 6.07 Å². The molecule has 0 aliphatic carbocycles. The number of piperazine rings is 1. The normalized spacial score (nSPS) is 18.8. The predicted molar refractivity (Wildman–Crippen MR) is 80.8 cm³/mol. The number of hydrogen-bond acceptors (Lipinski definition) is 5. The molecule has 0 spiro atoms. The van der Waals surface area contributed by atoms with Crippen LogP contribution in [0.5, 0.6) is 0 Å². The van der Waals surface area contributed by atoms with Crippen LogP contribution in [0.4, 0.5) is 5.69 Å². The summed E-state index contributed by atoms with van der Waals surface area (Å²) in [5.41, 5.74) is 6.99. The summed E-state index contributed by atoms with van der Waals surface area (Å²) in [5, 5.41) is 0. The van der Waals surface area contributed by atoms with Gasteiger partial charge >= 0.3 is 0 Å². The number of sulfonamides is 2. The molecule has 1 aliphatic rings. The molecule has 0 atom stereocenters. The van der Waals surface area contributed by atoms with Crippen LogP contribution in [0, 0.1) is 6.92 Å². The van der Waals surface area contributed by atoms with Crippen molar-refractivity contribution >= 4 is 25.7 Å². The van der Waals surface area contributed by atoms with Crippen molar-refractivity contribution in [3.8, 4) is 0 Å². The Morgan fingerprint density at radius 2 is 1.52 bits per heavy atom. The Morgan fingerprint density at radius 1 is 1.00 bits per heavy atom. The lowest BCUT2D eigenvalue weighted by atomic mass is 10.2. The molecule has 0 amide bonds. The van der Waals surface area contributed by atoms with E-state index in [1.165, 1.54) is 20.7 Å². The fourth-order valence-electron chi connectivity index (χ4n) is 2.17. The summed E-state index contributed by atoms with van der Waals surface area (Å²) < 4.78 is 50.5. The van der Waals surface area contributed by atoms with E-state index < -0.39 is 20.0 Å². The van der Waals surface area contributed by atoms with Gasteiger partial charge in [0.25, 0.3) is 0 Å². The standard InChI is InChI=1S/C12H19N3O4S2/c1-10-3-4-11(9-12(10)13)21(18,19)15-7-5-14(6-8-15)20(2,16)17/h3-4,9H,5-8,13H2,1-2H3. The van der Waals surface area contributed by atoms with E-state index in [9.17, 15) is 16.8 Å². The summed E-state index contributed by atoms with van der Waals surface area (Å²) in [6.45, 7) is 2.42. The van der Waals surface area contributed by atoms with Crippen molar-refractivity contribution in [1.82, 2.24) is 8.61 Å². The summed E-state index contributed by atoms with van der Waals surface area (Å²) in [6.07, 6.45) is 1.12. The van der Waals surface area contributed by atoms with E-state index in [4.69, 9.17) is 5.73 Å². The van der Waals surface area contributed by atoms with Crippen molar-refractivity contribution in [3.63, 3.8) is 0 Å². The average molecular weight is 333 g/mol. The lowest BCUT2D eigenvalue weighted by Gasteiger charge is -2.32. The minimum Gasteiger partial charge on any atom is -0.398 e. The van der Waals surface area contributed by atoms with Crippen LogP contribution >= 0.6 is 0 Å². The van der Waals surface area contributed by atoms with Gasteiger partial charge in [0.05, 0.1) is 11.2 Å². The Balaban J connectivity index is 2.20. The Bertz CT molecular complexity index is 736. The van der Waals surface area contributed by atoms with Crippen molar-refractivity contribution in [1.29, 1.82) is 0 Å². The maximum atomic E-state index is 12.5. The van der Waals surface area contributed by atoms with E-state index in [2.05, 4.69) is 0 Å². The third-order valence-corrected chi connectivity index (χ3v) is 6.75. The lowest BCUT2D eigenvalue weighted by molar-refractivity contribution is 0.274. The molecule has 2 rings (SSSR count). The Labute approximate surface area is 125 Å². The van der Waals surface area contributed by atoms with Crippen LogP contribution < -0.4 is 5.73 Å². The molecule has 0 aromatic heterocycles. The molecule has 1 aliphatic heterocycles. The van der Waals surface area contributed by atoms with Crippen LogP contribution in [-0.4, -0.2) is 57.9 Å². The Kier molecular flexibility index (Phi) is 4.29.